The van der Waals surface area contributed by atoms with Gasteiger partial charge in [-0.3, -0.25) is 4.79 Å². The maximum atomic E-state index is 11.5. The maximum absolute atomic E-state index is 11.5. The predicted octanol–water partition coefficient (Wildman–Crippen LogP) is 3.72. The predicted molar refractivity (Wildman–Crippen MR) is 79.3 cm³/mol. The third kappa shape index (κ3) is 3.80. The summed E-state index contributed by atoms with van der Waals surface area (Å²) in [6, 6.07) is 8.98. The summed E-state index contributed by atoms with van der Waals surface area (Å²) in [5.41, 5.74) is 1.48. The number of halogens is 1. The lowest BCUT2D eigenvalue weighted by molar-refractivity contribution is 0.764. The van der Waals surface area contributed by atoms with Gasteiger partial charge in [-0.1, -0.05) is 43.7 Å². The minimum Gasteiger partial charge on any atom is -0.310 e. The van der Waals surface area contributed by atoms with Crippen LogP contribution in [0.3, 0.4) is 0 Å². The number of hydrogen-bond acceptors (Lipinski definition) is 2. The highest BCUT2D eigenvalue weighted by molar-refractivity contribution is 6.30. The van der Waals surface area contributed by atoms with Crippen LogP contribution in [0.4, 0.5) is 0 Å². The van der Waals surface area contributed by atoms with Gasteiger partial charge in [-0.15, -0.1) is 0 Å². The quantitative estimate of drug-likeness (QED) is 0.927. The molecule has 19 heavy (non-hydrogen) atoms. The fourth-order valence-electron chi connectivity index (χ4n) is 1.65. The Morgan fingerprint density at radius 3 is 2.74 bits per heavy atom. The zero-order chi connectivity index (χ0) is 13.8. The summed E-state index contributed by atoms with van der Waals surface area (Å²) in [4.78, 5) is 18.7. The second kappa shape index (κ2) is 5.85. The number of benzene rings is 1. The van der Waals surface area contributed by atoms with Gasteiger partial charge in [0.25, 0.3) is 5.56 Å². The smallest absolute Gasteiger partial charge is 0.251 e. The number of aromatic amines is 1. The summed E-state index contributed by atoms with van der Waals surface area (Å²) in [7, 11) is 0. The molecule has 0 atom stereocenters. The number of nitrogens with zero attached hydrogens (tertiary/aromatic N) is 1. The molecule has 1 aromatic carbocycles. The highest BCUT2D eigenvalue weighted by atomic mass is 35.5. The van der Waals surface area contributed by atoms with Crippen molar-refractivity contribution >= 4 is 23.8 Å². The van der Waals surface area contributed by atoms with E-state index in [0.717, 1.165) is 5.56 Å². The first-order chi connectivity index (χ1) is 9.04. The van der Waals surface area contributed by atoms with Crippen LogP contribution >= 0.6 is 11.6 Å². The molecule has 0 unspecified atom stereocenters. The van der Waals surface area contributed by atoms with Crippen LogP contribution in [0.15, 0.2) is 35.1 Å². The molecule has 4 heteroatoms. The summed E-state index contributed by atoms with van der Waals surface area (Å²) < 4.78 is 0. The van der Waals surface area contributed by atoms with Gasteiger partial charge in [-0.2, -0.15) is 0 Å². The zero-order valence-electron chi connectivity index (χ0n) is 10.9. The molecule has 0 aliphatic heterocycles. The van der Waals surface area contributed by atoms with E-state index < -0.39 is 0 Å². The Morgan fingerprint density at radius 2 is 2.05 bits per heavy atom. The zero-order valence-corrected chi connectivity index (χ0v) is 11.6. The van der Waals surface area contributed by atoms with E-state index in [4.69, 9.17) is 11.6 Å². The van der Waals surface area contributed by atoms with Crippen molar-refractivity contribution in [2.24, 2.45) is 0 Å². The normalized spacial score (nSPS) is 11.4. The Bertz CT molecular complexity index is 659. The van der Waals surface area contributed by atoms with Crippen molar-refractivity contribution < 1.29 is 0 Å². The van der Waals surface area contributed by atoms with Crippen molar-refractivity contribution in [1.82, 2.24) is 9.97 Å². The Morgan fingerprint density at radius 1 is 1.26 bits per heavy atom. The van der Waals surface area contributed by atoms with Gasteiger partial charge < -0.3 is 4.98 Å². The first kappa shape index (κ1) is 13.6. The van der Waals surface area contributed by atoms with Crippen molar-refractivity contribution in [3.63, 3.8) is 0 Å². The number of nitrogens with one attached hydrogen (secondary N) is 1. The van der Waals surface area contributed by atoms with Gasteiger partial charge in [0.05, 0.1) is 5.69 Å². The molecule has 0 fully saturated rings. The van der Waals surface area contributed by atoms with E-state index in [9.17, 15) is 4.79 Å². The van der Waals surface area contributed by atoms with Crippen LogP contribution in [-0.2, 0) is 0 Å². The second-order valence-electron chi connectivity index (χ2n) is 4.60. The Kier molecular flexibility index (Phi) is 4.17. The van der Waals surface area contributed by atoms with Crippen molar-refractivity contribution in [2.45, 2.75) is 19.8 Å². The molecule has 1 aromatic heterocycles. The molecule has 0 radical (unpaired) electrons. The number of rotatable bonds is 3. The molecule has 2 aromatic rings. The van der Waals surface area contributed by atoms with Crippen LogP contribution < -0.4 is 5.56 Å². The van der Waals surface area contributed by atoms with Crippen molar-refractivity contribution in [3.8, 4) is 0 Å². The van der Waals surface area contributed by atoms with E-state index >= 15 is 0 Å². The SMILES string of the molecule is CC(C)c1nc(/C=C/c2cccc(Cl)c2)cc(=O)[nH]1. The summed E-state index contributed by atoms with van der Waals surface area (Å²) in [5, 5.41) is 0.684. The number of hydrogen-bond donors (Lipinski definition) is 1. The van der Waals surface area contributed by atoms with E-state index in [1.54, 1.807) is 0 Å². The third-order valence-corrected chi connectivity index (χ3v) is 2.86. The van der Waals surface area contributed by atoms with Crippen molar-refractivity contribution in [3.05, 3.63) is 62.8 Å². The van der Waals surface area contributed by atoms with Gasteiger partial charge in [0, 0.05) is 17.0 Å². The van der Waals surface area contributed by atoms with Crippen LogP contribution in [0.5, 0.6) is 0 Å². The summed E-state index contributed by atoms with van der Waals surface area (Å²) in [5.74, 6) is 0.880. The largest absolute Gasteiger partial charge is 0.310 e. The Labute approximate surface area is 117 Å². The highest BCUT2D eigenvalue weighted by Crippen LogP contribution is 2.13. The molecule has 2 rings (SSSR count). The minimum atomic E-state index is -0.135. The first-order valence-corrected chi connectivity index (χ1v) is 6.47. The fourth-order valence-corrected chi connectivity index (χ4v) is 1.85. The number of aromatic nitrogens is 2. The number of H-pyrrole nitrogens is 1. The minimum absolute atomic E-state index is 0.135. The van der Waals surface area contributed by atoms with E-state index in [2.05, 4.69) is 9.97 Å². The standard InChI is InChI=1S/C15H15ClN2O/c1-10(2)15-17-13(9-14(19)18-15)7-6-11-4-3-5-12(16)8-11/h3-10H,1-2H3,(H,17,18,19)/b7-6+. The van der Waals surface area contributed by atoms with E-state index in [0.29, 0.717) is 16.5 Å². The van der Waals surface area contributed by atoms with E-state index in [1.807, 2.05) is 50.3 Å². The molecular weight excluding hydrogens is 260 g/mol. The third-order valence-electron chi connectivity index (χ3n) is 2.62. The van der Waals surface area contributed by atoms with Crippen LogP contribution in [0, 0.1) is 0 Å². The molecule has 0 aliphatic carbocycles. The topological polar surface area (TPSA) is 45.8 Å². The first-order valence-electron chi connectivity index (χ1n) is 6.09. The molecule has 1 heterocycles. The van der Waals surface area contributed by atoms with Gasteiger partial charge in [-0.05, 0) is 23.8 Å². The van der Waals surface area contributed by atoms with Gasteiger partial charge in [0.15, 0.2) is 0 Å². The average Bonchev–Trinajstić information content (AvgIpc) is 2.36. The molecule has 0 spiro atoms. The molecule has 1 N–H and O–H groups in total. The molecule has 3 nitrogen and oxygen atoms in total. The van der Waals surface area contributed by atoms with Crippen LogP contribution in [0.1, 0.15) is 36.8 Å². The molecule has 98 valence electrons. The lowest BCUT2D eigenvalue weighted by Crippen LogP contribution is -2.12. The van der Waals surface area contributed by atoms with Crippen molar-refractivity contribution in [2.75, 3.05) is 0 Å². The summed E-state index contributed by atoms with van der Waals surface area (Å²) in [6.45, 7) is 3.98. The average molecular weight is 275 g/mol. The molecule has 0 saturated carbocycles. The molecule has 0 bridgehead atoms. The van der Waals surface area contributed by atoms with Crippen LogP contribution in [-0.4, -0.2) is 9.97 Å². The molecule has 0 amide bonds. The monoisotopic (exact) mass is 274 g/mol. The van der Waals surface area contributed by atoms with Crippen LogP contribution in [0.2, 0.25) is 5.02 Å². The lowest BCUT2D eigenvalue weighted by Gasteiger charge is -2.04. The van der Waals surface area contributed by atoms with E-state index in [1.165, 1.54) is 6.07 Å². The summed E-state index contributed by atoms with van der Waals surface area (Å²) in [6.07, 6.45) is 3.70. The Hall–Kier alpha value is -1.87. The van der Waals surface area contributed by atoms with E-state index in [-0.39, 0.29) is 11.5 Å². The second-order valence-corrected chi connectivity index (χ2v) is 5.03. The van der Waals surface area contributed by atoms with Crippen LogP contribution in [0.25, 0.3) is 12.2 Å². The molecule has 0 saturated heterocycles. The van der Waals surface area contributed by atoms with Gasteiger partial charge in [0.2, 0.25) is 0 Å². The van der Waals surface area contributed by atoms with Gasteiger partial charge in [-0.25, -0.2) is 4.98 Å². The van der Waals surface area contributed by atoms with Gasteiger partial charge in [0.1, 0.15) is 5.82 Å². The maximum Gasteiger partial charge on any atom is 0.251 e. The molecular formula is C15H15ClN2O. The highest BCUT2D eigenvalue weighted by Gasteiger charge is 2.03. The van der Waals surface area contributed by atoms with Gasteiger partial charge >= 0.3 is 0 Å². The summed E-state index contributed by atoms with van der Waals surface area (Å²) >= 11 is 5.91. The Balaban J connectivity index is 2.30. The molecule has 0 aliphatic rings. The lowest BCUT2D eigenvalue weighted by atomic mass is 10.2. The van der Waals surface area contributed by atoms with Crippen molar-refractivity contribution in [1.29, 1.82) is 0 Å². The fraction of sp³-hybridized carbons (Fsp3) is 0.200.